The van der Waals surface area contributed by atoms with Crippen LogP contribution in [0, 0.1) is 11.8 Å². The minimum absolute atomic E-state index is 0.312. The van der Waals surface area contributed by atoms with E-state index in [-0.39, 0.29) is 5.97 Å². The quantitative estimate of drug-likeness (QED) is 0.832. The van der Waals surface area contributed by atoms with Crippen molar-refractivity contribution in [2.45, 2.75) is 31.7 Å². The van der Waals surface area contributed by atoms with Crippen LogP contribution in [0.3, 0.4) is 0 Å². The lowest BCUT2D eigenvalue weighted by Crippen LogP contribution is -2.26. The smallest absolute Gasteiger partial charge is 0.338 e. The van der Waals surface area contributed by atoms with Crippen LogP contribution in [0.5, 0.6) is 0 Å². The van der Waals surface area contributed by atoms with Gasteiger partial charge in [0.2, 0.25) is 0 Å². The van der Waals surface area contributed by atoms with Crippen molar-refractivity contribution in [1.82, 2.24) is 4.98 Å². The number of aromatic nitrogens is 1. The number of hydrogen-bond acceptors (Lipinski definition) is 4. The average Bonchev–Trinajstić information content (AvgIpc) is 3.00. The van der Waals surface area contributed by atoms with Gasteiger partial charge in [0.1, 0.15) is 5.82 Å². The second kappa shape index (κ2) is 4.59. The van der Waals surface area contributed by atoms with Crippen molar-refractivity contribution in [3.05, 3.63) is 23.9 Å². The van der Waals surface area contributed by atoms with Crippen molar-refractivity contribution >= 4 is 11.8 Å². The van der Waals surface area contributed by atoms with Crippen LogP contribution in [0.2, 0.25) is 0 Å². The van der Waals surface area contributed by atoms with E-state index < -0.39 is 0 Å². The first-order valence-corrected chi connectivity index (χ1v) is 6.57. The van der Waals surface area contributed by atoms with Gasteiger partial charge in [-0.05, 0) is 43.2 Å². The zero-order valence-corrected chi connectivity index (χ0v) is 10.6. The average molecular weight is 246 g/mol. The van der Waals surface area contributed by atoms with Gasteiger partial charge < -0.3 is 10.1 Å². The molecule has 0 saturated heterocycles. The molecular weight excluding hydrogens is 228 g/mol. The zero-order chi connectivity index (χ0) is 12.5. The van der Waals surface area contributed by atoms with E-state index in [9.17, 15) is 4.79 Å². The normalized spacial score (nSPS) is 29.3. The van der Waals surface area contributed by atoms with Gasteiger partial charge in [-0.15, -0.1) is 0 Å². The standard InChI is InChI=1S/C14H18N2O2/c1-18-14(17)11-4-5-15-13(8-11)16-12-7-9-2-3-10(12)6-9/h4-5,8-10,12H,2-3,6-7H2,1H3,(H,15,16). The lowest BCUT2D eigenvalue weighted by Gasteiger charge is -2.23. The van der Waals surface area contributed by atoms with E-state index in [4.69, 9.17) is 4.74 Å². The minimum Gasteiger partial charge on any atom is -0.465 e. The van der Waals surface area contributed by atoms with Crippen LogP contribution in [0.4, 0.5) is 5.82 Å². The van der Waals surface area contributed by atoms with Crippen molar-refractivity contribution in [2.75, 3.05) is 12.4 Å². The SMILES string of the molecule is COC(=O)c1ccnc(NC2CC3CCC2C3)c1. The van der Waals surface area contributed by atoms with Gasteiger partial charge in [0.25, 0.3) is 0 Å². The van der Waals surface area contributed by atoms with Crippen molar-refractivity contribution < 1.29 is 9.53 Å². The molecule has 0 spiro atoms. The van der Waals surface area contributed by atoms with Crippen LogP contribution in [0.15, 0.2) is 18.3 Å². The number of hydrogen-bond donors (Lipinski definition) is 1. The van der Waals surface area contributed by atoms with Gasteiger partial charge in [-0.25, -0.2) is 9.78 Å². The Morgan fingerprint density at radius 1 is 1.44 bits per heavy atom. The molecule has 0 aromatic carbocycles. The monoisotopic (exact) mass is 246 g/mol. The van der Waals surface area contributed by atoms with Crippen molar-refractivity contribution in [3.63, 3.8) is 0 Å². The van der Waals surface area contributed by atoms with Crippen LogP contribution in [-0.2, 0) is 4.74 Å². The van der Waals surface area contributed by atoms with Gasteiger partial charge in [0.15, 0.2) is 0 Å². The predicted octanol–water partition coefficient (Wildman–Crippen LogP) is 2.47. The molecule has 96 valence electrons. The number of nitrogens with one attached hydrogen (secondary N) is 1. The molecule has 2 aliphatic carbocycles. The summed E-state index contributed by atoms with van der Waals surface area (Å²) in [5, 5.41) is 3.47. The van der Waals surface area contributed by atoms with Crippen LogP contribution in [0.25, 0.3) is 0 Å². The molecule has 3 unspecified atom stereocenters. The molecule has 0 radical (unpaired) electrons. The molecule has 1 N–H and O–H groups in total. The molecule has 18 heavy (non-hydrogen) atoms. The van der Waals surface area contributed by atoms with E-state index in [2.05, 4.69) is 10.3 Å². The third kappa shape index (κ3) is 2.07. The van der Waals surface area contributed by atoms with Gasteiger partial charge in [-0.3, -0.25) is 0 Å². The third-order valence-corrected chi connectivity index (χ3v) is 4.25. The molecule has 2 bridgehead atoms. The molecule has 2 aliphatic rings. The van der Waals surface area contributed by atoms with E-state index >= 15 is 0 Å². The van der Waals surface area contributed by atoms with Crippen molar-refractivity contribution in [3.8, 4) is 0 Å². The molecule has 0 aliphatic heterocycles. The lowest BCUT2D eigenvalue weighted by molar-refractivity contribution is 0.0600. The molecule has 1 heterocycles. The van der Waals surface area contributed by atoms with E-state index in [1.807, 2.05) is 0 Å². The van der Waals surface area contributed by atoms with Crippen molar-refractivity contribution in [2.24, 2.45) is 11.8 Å². The summed E-state index contributed by atoms with van der Waals surface area (Å²) in [6, 6.07) is 3.99. The highest BCUT2D eigenvalue weighted by Crippen LogP contribution is 2.45. The highest BCUT2D eigenvalue weighted by atomic mass is 16.5. The molecule has 4 nitrogen and oxygen atoms in total. The number of carbonyl (C=O) groups is 1. The Hall–Kier alpha value is -1.58. The Bertz CT molecular complexity index is 461. The van der Waals surface area contributed by atoms with Crippen LogP contribution in [-0.4, -0.2) is 24.1 Å². The number of methoxy groups -OCH3 is 1. The topological polar surface area (TPSA) is 51.2 Å². The summed E-state index contributed by atoms with van der Waals surface area (Å²) in [5.41, 5.74) is 0.554. The van der Waals surface area contributed by atoms with Crippen molar-refractivity contribution in [1.29, 1.82) is 0 Å². The summed E-state index contributed by atoms with van der Waals surface area (Å²) >= 11 is 0. The number of carbonyl (C=O) groups excluding carboxylic acids is 1. The fourth-order valence-electron chi connectivity index (χ4n) is 3.37. The summed E-state index contributed by atoms with van der Waals surface area (Å²) < 4.78 is 4.72. The maximum absolute atomic E-state index is 11.5. The number of esters is 1. The molecule has 1 aromatic rings. The second-order valence-corrected chi connectivity index (χ2v) is 5.35. The maximum atomic E-state index is 11.5. The fourth-order valence-corrected chi connectivity index (χ4v) is 3.37. The molecule has 1 aromatic heterocycles. The first-order chi connectivity index (χ1) is 8.76. The summed E-state index contributed by atoms with van der Waals surface area (Å²) in [7, 11) is 1.39. The molecule has 0 amide bonds. The zero-order valence-electron chi connectivity index (χ0n) is 10.6. The highest BCUT2D eigenvalue weighted by molar-refractivity contribution is 5.89. The first-order valence-electron chi connectivity index (χ1n) is 6.57. The van der Waals surface area contributed by atoms with E-state index in [1.54, 1.807) is 18.3 Å². The molecule has 3 atom stereocenters. The summed E-state index contributed by atoms with van der Waals surface area (Å²) in [6.45, 7) is 0. The van der Waals surface area contributed by atoms with E-state index in [0.29, 0.717) is 11.6 Å². The first kappa shape index (κ1) is 11.5. The Balaban J connectivity index is 1.71. The van der Waals surface area contributed by atoms with Gasteiger partial charge in [-0.2, -0.15) is 0 Å². The molecule has 2 fully saturated rings. The van der Waals surface area contributed by atoms with E-state index in [1.165, 1.54) is 32.8 Å². The number of fused-ring (bicyclic) bond motifs is 2. The van der Waals surface area contributed by atoms with Crippen LogP contribution >= 0.6 is 0 Å². The van der Waals surface area contributed by atoms with Crippen LogP contribution in [0.1, 0.15) is 36.0 Å². The molecule has 2 saturated carbocycles. The van der Waals surface area contributed by atoms with Gasteiger partial charge in [-0.1, -0.05) is 6.42 Å². The molecule has 3 rings (SSSR count). The lowest BCUT2D eigenvalue weighted by atomic mass is 9.95. The Morgan fingerprint density at radius 3 is 3.00 bits per heavy atom. The number of nitrogens with zero attached hydrogens (tertiary/aromatic N) is 1. The van der Waals surface area contributed by atoms with Gasteiger partial charge >= 0.3 is 5.97 Å². The number of anilines is 1. The maximum Gasteiger partial charge on any atom is 0.338 e. The Labute approximate surface area is 107 Å². The molecule has 4 heteroatoms. The summed E-state index contributed by atoms with van der Waals surface area (Å²) in [5.74, 6) is 2.17. The Morgan fingerprint density at radius 2 is 2.33 bits per heavy atom. The van der Waals surface area contributed by atoms with E-state index in [0.717, 1.165) is 17.7 Å². The van der Waals surface area contributed by atoms with Crippen LogP contribution < -0.4 is 5.32 Å². The third-order valence-electron chi connectivity index (χ3n) is 4.25. The summed E-state index contributed by atoms with van der Waals surface area (Å²) in [4.78, 5) is 15.7. The highest BCUT2D eigenvalue weighted by Gasteiger charge is 2.39. The number of ether oxygens (including phenoxy) is 1. The number of rotatable bonds is 3. The number of pyridine rings is 1. The summed E-state index contributed by atoms with van der Waals surface area (Å²) in [6.07, 6.45) is 6.97. The van der Waals surface area contributed by atoms with Gasteiger partial charge in [0, 0.05) is 12.2 Å². The minimum atomic E-state index is -0.312. The second-order valence-electron chi connectivity index (χ2n) is 5.35. The largest absolute Gasteiger partial charge is 0.465 e. The predicted molar refractivity (Wildman–Crippen MR) is 68.4 cm³/mol. The molecular formula is C14H18N2O2. The fraction of sp³-hybridized carbons (Fsp3) is 0.571. The van der Waals surface area contributed by atoms with Gasteiger partial charge in [0.05, 0.1) is 12.7 Å². The Kier molecular flexibility index (Phi) is 2.94.